The van der Waals surface area contributed by atoms with Crippen LogP contribution in [-0.4, -0.2) is 31.1 Å². The van der Waals surface area contributed by atoms with Crippen LogP contribution >= 0.6 is 27.7 Å². The molecule has 154 valence electrons. The first-order valence-corrected chi connectivity index (χ1v) is 10.8. The molecule has 4 aromatic rings. The van der Waals surface area contributed by atoms with Gasteiger partial charge in [-0.05, 0) is 47.5 Å². The summed E-state index contributed by atoms with van der Waals surface area (Å²) in [5, 5.41) is 15.3. The van der Waals surface area contributed by atoms with Crippen molar-refractivity contribution < 1.29 is 13.7 Å². The third-order valence-corrected chi connectivity index (χ3v) is 5.73. The largest absolute Gasteiger partial charge is 0.446 e. The van der Waals surface area contributed by atoms with E-state index in [1.165, 1.54) is 11.8 Å². The molecule has 3 aromatic heterocycles. The van der Waals surface area contributed by atoms with Crippen LogP contribution in [0, 0.1) is 6.92 Å². The summed E-state index contributed by atoms with van der Waals surface area (Å²) in [6.45, 7) is 4.13. The van der Waals surface area contributed by atoms with E-state index < -0.39 is 5.25 Å². The van der Waals surface area contributed by atoms with Gasteiger partial charge in [-0.3, -0.25) is 14.7 Å². The van der Waals surface area contributed by atoms with Crippen LogP contribution in [0.5, 0.6) is 0 Å². The second kappa shape index (κ2) is 8.88. The Labute approximate surface area is 185 Å². The molecular formula is C20H18BrN5O3S. The number of hydrogen-bond acceptors (Lipinski definition) is 7. The van der Waals surface area contributed by atoms with Crippen LogP contribution in [0.2, 0.25) is 0 Å². The third-order valence-electron chi connectivity index (χ3n) is 4.22. The topological polar surface area (TPSA) is 99.0 Å². The highest BCUT2D eigenvalue weighted by atomic mass is 79.9. The molecule has 0 saturated heterocycles. The van der Waals surface area contributed by atoms with Crippen LogP contribution in [0.1, 0.15) is 18.2 Å². The van der Waals surface area contributed by atoms with Crippen molar-refractivity contribution in [2.45, 2.75) is 30.8 Å². The highest BCUT2D eigenvalue weighted by Gasteiger charge is 2.23. The van der Waals surface area contributed by atoms with Gasteiger partial charge in [0.1, 0.15) is 0 Å². The van der Waals surface area contributed by atoms with Gasteiger partial charge in [0, 0.05) is 6.07 Å². The van der Waals surface area contributed by atoms with Crippen molar-refractivity contribution in [1.82, 2.24) is 19.9 Å². The van der Waals surface area contributed by atoms with E-state index in [1.54, 1.807) is 26.0 Å². The Kier molecular flexibility index (Phi) is 6.05. The van der Waals surface area contributed by atoms with Crippen molar-refractivity contribution in [1.29, 1.82) is 0 Å². The lowest BCUT2D eigenvalue weighted by Gasteiger charge is -2.12. The first kappa shape index (κ1) is 20.4. The lowest BCUT2D eigenvalue weighted by molar-refractivity contribution is -0.115. The zero-order valence-corrected chi connectivity index (χ0v) is 18.6. The Bertz CT molecular complexity index is 1150. The number of rotatable bonds is 7. The van der Waals surface area contributed by atoms with Crippen molar-refractivity contribution in [3.63, 3.8) is 0 Å². The van der Waals surface area contributed by atoms with Gasteiger partial charge in [0.25, 0.3) is 0 Å². The quantitative estimate of drug-likeness (QED) is 0.375. The number of carbonyl (C=O) groups is 1. The molecule has 0 aliphatic heterocycles. The van der Waals surface area contributed by atoms with E-state index in [4.69, 9.17) is 8.94 Å². The first-order valence-electron chi connectivity index (χ1n) is 9.13. The highest BCUT2D eigenvalue weighted by molar-refractivity contribution is 9.10. The predicted molar refractivity (Wildman–Crippen MR) is 116 cm³/mol. The van der Waals surface area contributed by atoms with Gasteiger partial charge in [-0.1, -0.05) is 47.3 Å². The van der Waals surface area contributed by atoms with Crippen molar-refractivity contribution >= 4 is 39.5 Å². The van der Waals surface area contributed by atoms with E-state index in [0.29, 0.717) is 39.5 Å². The minimum absolute atomic E-state index is 0.215. The van der Waals surface area contributed by atoms with Gasteiger partial charge >= 0.3 is 0 Å². The molecule has 0 fully saturated rings. The SMILES string of the molecule is Cc1cc(NC(=O)[C@@H](C)Sc2nnc(-c3ccc(Br)o3)n2Cc2ccccc2)on1. The third kappa shape index (κ3) is 4.65. The van der Waals surface area contributed by atoms with Crippen LogP contribution in [0.3, 0.4) is 0 Å². The molecular weight excluding hydrogens is 470 g/mol. The number of benzene rings is 1. The van der Waals surface area contributed by atoms with Gasteiger partial charge in [-0.2, -0.15) is 0 Å². The predicted octanol–water partition coefficient (Wildman–Crippen LogP) is 4.76. The number of thioether (sulfide) groups is 1. The number of anilines is 1. The summed E-state index contributed by atoms with van der Waals surface area (Å²) in [5.74, 6) is 1.28. The van der Waals surface area contributed by atoms with Crippen LogP contribution < -0.4 is 5.32 Å². The van der Waals surface area contributed by atoms with Crippen LogP contribution in [0.15, 0.2) is 67.3 Å². The molecule has 0 aliphatic carbocycles. The highest BCUT2D eigenvalue weighted by Crippen LogP contribution is 2.30. The van der Waals surface area contributed by atoms with Gasteiger partial charge in [-0.25, -0.2) is 0 Å². The van der Waals surface area contributed by atoms with E-state index in [-0.39, 0.29) is 5.91 Å². The number of amides is 1. The lowest BCUT2D eigenvalue weighted by Crippen LogP contribution is -2.22. The standard InChI is InChI=1S/C20H18BrN5O3S/c1-12-10-17(29-25-12)22-19(27)13(2)30-20-24-23-18(15-8-9-16(21)28-15)26(20)11-14-6-4-3-5-7-14/h3-10,13H,11H2,1-2H3,(H,22,27)/t13-/m1/s1. The van der Waals surface area contributed by atoms with Crippen LogP contribution in [0.4, 0.5) is 5.88 Å². The van der Waals surface area contributed by atoms with Crippen LogP contribution in [0.25, 0.3) is 11.6 Å². The van der Waals surface area contributed by atoms with E-state index >= 15 is 0 Å². The fraction of sp³-hybridized carbons (Fsp3) is 0.200. The molecule has 3 heterocycles. The zero-order chi connectivity index (χ0) is 21.1. The Morgan fingerprint density at radius 1 is 1.23 bits per heavy atom. The molecule has 0 radical (unpaired) electrons. The summed E-state index contributed by atoms with van der Waals surface area (Å²) in [6.07, 6.45) is 0. The average Bonchev–Trinajstić information content (AvgIpc) is 3.44. The maximum absolute atomic E-state index is 12.6. The summed E-state index contributed by atoms with van der Waals surface area (Å²) < 4.78 is 13.3. The van der Waals surface area contributed by atoms with E-state index in [2.05, 4.69) is 36.6 Å². The number of nitrogens with one attached hydrogen (secondary N) is 1. The average molecular weight is 488 g/mol. The van der Waals surface area contributed by atoms with Gasteiger partial charge < -0.3 is 8.94 Å². The molecule has 1 N–H and O–H groups in total. The summed E-state index contributed by atoms with van der Waals surface area (Å²) in [6, 6.07) is 15.3. The van der Waals surface area contributed by atoms with E-state index in [0.717, 1.165) is 5.56 Å². The number of carbonyl (C=O) groups excluding carboxylic acids is 1. The van der Waals surface area contributed by atoms with E-state index in [1.807, 2.05) is 41.0 Å². The van der Waals surface area contributed by atoms with Gasteiger partial charge in [-0.15, -0.1) is 10.2 Å². The zero-order valence-electron chi connectivity index (χ0n) is 16.2. The molecule has 8 nitrogen and oxygen atoms in total. The van der Waals surface area contributed by atoms with Gasteiger partial charge in [0.2, 0.25) is 17.6 Å². The Balaban J connectivity index is 1.58. The molecule has 0 bridgehead atoms. The Morgan fingerprint density at radius 3 is 2.70 bits per heavy atom. The normalized spacial score (nSPS) is 12.1. The summed E-state index contributed by atoms with van der Waals surface area (Å²) >= 11 is 4.63. The number of furan rings is 1. The maximum atomic E-state index is 12.6. The van der Waals surface area contributed by atoms with Gasteiger partial charge in [0.05, 0.1) is 17.5 Å². The fourth-order valence-corrected chi connectivity index (χ4v) is 3.91. The molecule has 30 heavy (non-hydrogen) atoms. The second-order valence-electron chi connectivity index (χ2n) is 6.56. The number of aromatic nitrogens is 4. The smallest absolute Gasteiger partial charge is 0.240 e. The minimum atomic E-state index is -0.440. The first-order chi connectivity index (χ1) is 14.5. The maximum Gasteiger partial charge on any atom is 0.240 e. The van der Waals surface area contributed by atoms with E-state index in [9.17, 15) is 4.79 Å². The molecule has 10 heteroatoms. The summed E-state index contributed by atoms with van der Waals surface area (Å²) in [7, 11) is 0. The van der Waals surface area contributed by atoms with Crippen molar-refractivity contribution in [3.8, 4) is 11.6 Å². The Morgan fingerprint density at radius 2 is 2.03 bits per heavy atom. The summed E-state index contributed by atoms with van der Waals surface area (Å²) in [5.41, 5.74) is 1.78. The molecule has 4 rings (SSSR count). The monoisotopic (exact) mass is 487 g/mol. The van der Waals surface area contributed by atoms with Crippen molar-refractivity contribution in [2.75, 3.05) is 5.32 Å². The minimum Gasteiger partial charge on any atom is -0.446 e. The second-order valence-corrected chi connectivity index (χ2v) is 8.65. The molecule has 1 aromatic carbocycles. The molecule has 1 atom stereocenters. The van der Waals surface area contributed by atoms with Crippen molar-refractivity contribution in [3.05, 3.63) is 64.5 Å². The molecule has 0 unspecified atom stereocenters. The molecule has 0 aliphatic rings. The molecule has 1 amide bonds. The fourth-order valence-electron chi connectivity index (χ4n) is 2.76. The molecule has 0 saturated carbocycles. The number of aryl methyl sites for hydroxylation is 1. The number of nitrogens with zero attached hydrogens (tertiary/aromatic N) is 4. The van der Waals surface area contributed by atoms with Crippen molar-refractivity contribution in [2.24, 2.45) is 0 Å². The number of halogens is 1. The van der Waals surface area contributed by atoms with Gasteiger partial charge in [0.15, 0.2) is 15.6 Å². The Hall–Kier alpha value is -2.85. The molecule has 0 spiro atoms. The number of hydrogen-bond donors (Lipinski definition) is 1. The van der Waals surface area contributed by atoms with Crippen LogP contribution in [-0.2, 0) is 11.3 Å². The summed E-state index contributed by atoms with van der Waals surface area (Å²) in [4.78, 5) is 12.6. The lowest BCUT2D eigenvalue weighted by atomic mass is 10.2.